The van der Waals surface area contributed by atoms with Gasteiger partial charge in [-0.3, -0.25) is 4.90 Å². The Kier molecular flexibility index (Phi) is 4.45. The van der Waals surface area contributed by atoms with Gasteiger partial charge < -0.3 is 4.90 Å². The molecule has 1 aromatic rings. The predicted molar refractivity (Wildman–Crippen MR) is 82.8 cm³/mol. The summed E-state index contributed by atoms with van der Waals surface area (Å²) in [6.07, 6.45) is 2.96. The van der Waals surface area contributed by atoms with E-state index in [-0.39, 0.29) is 13.0 Å². The number of hydrogen-bond acceptors (Lipinski definition) is 3. The molecule has 0 aliphatic carbocycles. The predicted octanol–water partition coefficient (Wildman–Crippen LogP) is 3.68. The highest BCUT2D eigenvalue weighted by atomic mass is 79.9. The maximum absolute atomic E-state index is 13.7. The number of hydrogen-bond donors (Lipinski definition) is 0. The van der Waals surface area contributed by atoms with Gasteiger partial charge in [0.25, 0.3) is 5.92 Å². The molecule has 0 radical (unpaired) electrons. The summed E-state index contributed by atoms with van der Waals surface area (Å²) < 4.78 is 28.1. The molecular formula is C15H20BrF2N3. The summed E-state index contributed by atoms with van der Waals surface area (Å²) in [4.78, 5) is 8.70. The van der Waals surface area contributed by atoms with Crippen molar-refractivity contribution in [1.29, 1.82) is 0 Å². The third-order valence-electron chi connectivity index (χ3n) is 4.22. The number of anilines is 1. The second-order valence-electron chi connectivity index (χ2n) is 5.96. The SMILES string of the molecule is FC1(F)CCCN(c2ccc(Br)nc2CN2CCCC2)C1. The van der Waals surface area contributed by atoms with Crippen LogP contribution in [0, 0.1) is 0 Å². The molecule has 116 valence electrons. The zero-order valence-electron chi connectivity index (χ0n) is 12.0. The van der Waals surface area contributed by atoms with Crippen molar-refractivity contribution in [3.05, 3.63) is 22.4 Å². The van der Waals surface area contributed by atoms with E-state index in [1.165, 1.54) is 12.8 Å². The van der Waals surface area contributed by atoms with Crippen LogP contribution in [0.3, 0.4) is 0 Å². The molecule has 0 atom stereocenters. The third-order valence-corrected chi connectivity index (χ3v) is 4.66. The minimum atomic E-state index is -2.59. The summed E-state index contributed by atoms with van der Waals surface area (Å²) in [6, 6.07) is 3.76. The van der Waals surface area contributed by atoms with E-state index in [1.807, 2.05) is 12.1 Å². The lowest BCUT2D eigenvalue weighted by Gasteiger charge is -2.35. The van der Waals surface area contributed by atoms with Crippen LogP contribution >= 0.6 is 15.9 Å². The minimum absolute atomic E-state index is 0.00504. The molecule has 3 nitrogen and oxygen atoms in total. The summed E-state index contributed by atoms with van der Waals surface area (Å²) in [5.74, 6) is -2.59. The van der Waals surface area contributed by atoms with Crippen LogP contribution < -0.4 is 4.90 Å². The maximum Gasteiger partial charge on any atom is 0.265 e. The number of likely N-dealkylation sites (tertiary alicyclic amines) is 1. The molecule has 2 fully saturated rings. The molecule has 0 unspecified atom stereocenters. The number of halogens is 3. The van der Waals surface area contributed by atoms with Crippen molar-refractivity contribution in [2.45, 2.75) is 38.2 Å². The minimum Gasteiger partial charge on any atom is -0.364 e. The normalized spacial score (nSPS) is 22.7. The second kappa shape index (κ2) is 6.16. The van der Waals surface area contributed by atoms with Crippen LogP contribution in [0.2, 0.25) is 0 Å². The maximum atomic E-state index is 13.7. The van der Waals surface area contributed by atoms with Gasteiger partial charge in [-0.05, 0) is 60.4 Å². The summed E-state index contributed by atoms with van der Waals surface area (Å²) in [5, 5.41) is 0. The molecule has 2 saturated heterocycles. The average molecular weight is 360 g/mol. The van der Waals surface area contributed by atoms with Gasteiger partial charge in [-0.15, -0.1) is 0 Å². The summed E-state index contributed by atoms with van der Waals surface area (Å²) >= 11 is 3.40. The smallest absolute Gasteiger partial charge is 0.265 e. The fourth-order valence-electron chi connectivity index (χ4n) is 3.20. The monoisotopic (exact) mass is 359 g/mol. The van der Waals surface area contributed by atoms with Crippen LogP contribution in [0.25, 0.3) is 0 Å². The molecule has 0 amide bonds. The zero-order chi connectivity index (χ0) is 14.9. The standard InChI is InChI=1S/C15H20BrF2N3/c16-14-5-4-13(21-9-3-6-15(17,18)11-21)12(19-14)10-20-7-1-2-8-20/h4-5H,1-3,6-11H2. The topological polar surface area (TPSA) is 19.4 Å². The lowest BCUT2D eigenvalue weighted by molar-refractivity contribution is -0.0117. The molecule has 2 aliphatic rings. The first-order chi connectivity index (χ1) is 10.0. The molecule has 0 aromatic carbocycles. The van der Waals surface area contributed by atoms with Gasteiger partial charge in [-0.1, -0.05) is 0 Å². The number of aromatic nitrogens is 1. The second-order valence-corrected chi connectivity index (χ2v) is 6.78. The first-order valence-electron chi connectivity index (χ1n) is 7.54. The van der Waals surface area contributed by atoms with Crippen molar-refractivity contribution < 1.29 is 8.78 Å². The van der Waals surface area contributed by atoms with Gasteiger partial charge in [0, 0.05) is 19.5 Å². The van der Waals surface area contributed by atoms with Crippen molar-refractivity contribution >= 4 is 21.6 Å². The zero-order valence-corrected chi connectivity index (χ0v) is 13.6. The van der Waals surface area contributed by atoms with Crippen molar-refractivity contribution in [1.82, 2.24) is 9.88 Å². The van der Waals surface area contributed by atoms with E-state index < -0.39 is 5.92 Å². The van der Waals surface area contributed by atoms with Gasteiger partial charge in [-0.25, -0.2) is 13.8 Å². The molecule has 21 heavy (non-hydrogen) atoms. The van der Waals surface area contributed by atoms with Crippen molar-refractivity contribution in [3.63, 3.8) is 0 Å². The number of pyridine rings is 1. The van der Waals surface area contributed by atoms with E-state index in [2.05, 4.69) is 25.8 Å². The highest BCUT2D eigenvalue weighted by molar-refractivity contribution is 9.10. The van der Waals surface area contributed by atoms with Crippen LogP contribution in [0.4, 0.5) is 14.5 Å². The number of alkyl halides is 2. The Balaban J connectivity index is 1.83. The Morgan fingerprint density at radius 2 is 1.90 bits per heavy atom. The largest absolute Gasteiger partial charge is 0.364 e. The highest BCUT2D eigenvalue weighted by Crippen LogP contribution is 2.32. The van der Waals surface area contributed by atoms with Gasteiger partial charge in [0.2, 0.25) is 0 Å². The van der Waals surface area contributed by atoms with Crippen LogP contribution in [-0.4, -0.2) is 42.0 Å². The summed E-state index contributed by atoms with van der Waals surface area (Å²) in [7, 11) is 0. The molecule has 3 heterocycles. The summed E-state index contributed by atoms with van der Waals surface area (Å²) in [6.45, 7) is 3.39. The van der Waals surface area contributed by atoms with Gasteiger partial charge in [0.05, 0.1) is 17.9 Å². The molecule has 2 aliphatic heterocycles. The fraction of sp³-hybridized carbons (Fsp3) is 0.667. The van der Waals surface area contributed by atoms with E-state index in [0.717, 1.165) is 35.6 Å². The molecule has 6 heteroatoms. The molecule has 1 aromatic heterocycles. The number of rotatable bonds is 3. The summed E-state index contributed by atoms with van der Waals surface area (Å²) in [5.41, 5.74) is 1.77. The van der Waals surface area contributed by atoms with Crippen molar-refractivity contribution in [2.75, 3.05) is 31.1 Å². The Morgan fingerprint density at radius 3 is 2.62 bits per heavy atom. The van der Waals surface area contributed by atoms with E-state index >= 15 is 0 Å². The molecule has 0 saturated carbocycles. The van der Waals surface area contributed by atoms with E-state index in [0.29, 0.717) is 13.0 Å². The molecule has 0 bridgehead atoms. The van der Waals surface area contributed by atoms with Gasteiger partial charge in [0.15, 0.2) is 0 Å². The van der Waals surface area contributed by atoms with E-state index in [9.17, 15) is 8.78 Å². The van der Waals surface area contributed by atoms with Crippen LogP contribution in [0.15, 0.2) is 16.7 Å². The molecule has 0 N–H and O–H groups in total. The van der Waals surface area contributed by atoms with Crippen LogP contribution in [-0.2, 0) is 6.54 Å². The first-order valence-corrected chi connectivity index (χ1v) is 8.33. The van der Waals surface area contributed by atoms with Crippen LogP contribution in [0.5, 0.6) is 0 Å². The molecule has 3 rings (SSSR count). The van der Waals surface area contributed by atoms with E-state index in [4.69, 9.17) is 0 Å². The van der Waals surface area contributed by atoms with Gasteiger partial charge in [-0.2, -0.15) is 0 Å². The Morgan fingerprint density at radius 1 is 1.14 bits per heavy atom. The number of nitrogens with zero attached hydrogens (tertiary/aromatic N) is 3. The third kappa shape index (κ3) is 3.72. The van der Waals surface area contributed by atoms with Gasteiger partial charge >= 0.3 is 0 Å². The fourth-order valence-corrected chi connectivity index (χ4v) is 3.54. The Bertz CT molecular complexity index is 504. The van der Waals surface area contributed by atoms with Crippen molar-refractivity contribution in [2.24, 2.45) is 0 Å². The molecule has 0 spiro atoms. The lowest BCUT2D eigenvalue weighted by atomic mass is 10.1. The van der Waals surface area contributed by atoms with Crippen LogP contribution in [0.1, 0.15) is 31.4 Å². The Hall–Kier alpha value is -0.750. The highest BCUT2D eigenvalue weighted by Gasteiger charge is 2.36. The lowest BCUT2D eigenvalue weighted by Crippen LogP contribution is -2.43. The first kappa shape index (κ1) is 15.2. The average Bonchev–Trinajstić information content (AvgIpc) is 2.90. The van der Waals surface area contributed by atoms with E-state index in [1.54, 1.807) is 4.90 Å². The van der Waals surface area contributed by atoms with Gasteiger partial charge in [0.1, 0.15) is 4.60 Å². The number of piperidine rings is 1. The Labute approximate surface area is 132 Å². The molecular weight excluding hydrogens is 340 g/mol. The quantitative estimate of drug-likeness (QED) is 0.767. The van der Waals surface area contributed by atoms with Crippen molar-refractivity contribution in [3.8, 4) is 0 Å².